The molecular formula is C22H24N2O3. The molecule has 0 unspecified atom stereocenters. The van der Waals surface area contributed by atoms with Gasteiger partial charge < -0.3 is 14.5 Å². The topological polar surface area (TPSA) is 64.4 Å². The van der Waals surface area contributed by atoms with Gasteiger partial charge in [-0.1, -0.05) is 37.6 Å². The minimum atomic E-state index is -0.118. The second-order valence-corrected chi connectivity index (χ2v) is 6.47. The number of oxazole rings is 1. The highest BCUT2D eigenvalue weighted by Gasteiger charge is 2.18. The molecule has 1 N–H and O–H groups in total. The summed E-state index contributed by atoms with van der Waals surface area (Å²) >= 11 is 0. The fraction of sp³-hybridized carbons (Fsp3) is 0.273. The van der Waals surface area contributed by atoms with Crippen LogP contribution in [0.5, 0.6) is 5.75 Å². The van der Waals surface area contributed by atoms with Gasteiger partial charge in [0.15, 0.2) is 5.76 Å². The van der Waals surface area contributed by atoms with Crippen molar-refractivity contribution in [2.24, 2.45) is 0 Å². The lowest BCUT2D eigenvalue weighted by Gasteiger charge is -2.14. The first-order valence-corrected chi connectivity index (χ1v) is 9.13. The number of aromatic nitrogens is 1. The molecule has 0 saturated heterocycles. The van der Waals surface area contributed by atoms with Gasteiger partial charge in [0.1, 0.15) is 5.75 Å². The van der Waals surface area contributed by atoms with E-state index in [9.17, 15) is 4.79 Å². The van der Waals surface area contributed by atoms with Crippen molar-refractivity contribution >= 4 is 5.91 Å². The minimum absolute atomic E-state index is 0.118. The summed E-state index contributed by atoms with van der Waals surface area (Å²) in [7, 11) is 1.62. The van der Waals surface area contributed by atoms with Crippen molar-refractivity contribution in [3.05, 3.63) is 60.3 Å². The van der Waals surface area contributed by atoms with E-state index in [1.54, 1.807) is 19.4 Å². The molecule has 5 nitrogen and oxygen atoms in total. The van der Waals surface area contributed by atoms with Crippen LogP contribution in [0.2, 0.25) is 0 Å². The summed E-state index contributed by atoms with van der Waals surface area (Å²) in [6.45, 7) is 4.11. The van der Waals surface area contributed by atoms with Crippen LogP contribution < -0.4 is 10.1 Å². The second-order valence-electron chi connectivity index (χ2n) is 6.47. The first-order valence-electron chi connectivity index (χ1n) is 9.13. The number of nitrogens with zero attached hydrogens (tertiary/aromatic N) is 1. The van der Waals surface area contributed by atoms with Gasteiger partial charge in [-0.2, -0.15) is 0 Å². The monoisotopic (exact) mass is 364 g/mol. The number of benzene rings is 2. The Kier molecular flexibility index (Phi) is 5.91. The number of hydrogen-bond acceptors (Lipinski definition) is 4. The number of methoxy groups -OCH3 is 1. The summed E-state index contributed by atoms with van der Waals surface area (Å²) in [5.41, 5.74) is 2.10. The molecule has 0 spiro atoms. The number of hydrogen-bond donors (Lipinski definition) is 1. The van der Waals surface area contributed by atoms with Crippen LogP contribution in [-0.2, 0) is 0 Å². The van der Waals surface area contributed by atoms with Crippen LogP contribution in [0.4, 0.5) is 0 Å². The zero-order chi connectivity index (χ0) is 19.2. The zero-order valence-corrected chi connectivity index (χ0v) is 15.9. The largest absolute Gasteiger partial charge is 0.497 e. The molecule has 140 valence electrons. The summed E-state index contributed by atoms with van der Waals surface area (Å²) in [6, 6.07) is 15.1. The molecule has 1 atom stereocenters. The summed E-state index contributed by atoms with van der Waals surface area (Å²) in [5, 5.41) is 3.04. The molecule has 0 bridgehead atoms. The van der Waals surface area contributed by atoms with Gasteiger partial charge in [0.05, 0.1) is 18.9 Å². The Morgan fingerprint density at radius 1 is 1.22 bits per heavy atom. The molecule has 0 fully saturated rings. The molecular weight excluding hydrogens is 340 g/mol. The van der Waals surface area contributed by atoms with Crippen molar-refractivity contribution in [1.29, 1.82) is 0 Å². The highest BCUT2D eigenvalue weighted by Crippen LogP contribution is 2.29. The van der Waals surface area contributed by atoms with Gasteiger partial charge in [0.2, 0.25) is 5.89 Å². The smallest absolute Gasteiger partial charge is 0.252 e. The maximum atomic E-state index is 12.7. The van der Waals surface area contributed by atoms with E-state index >= 15 is 0 Å². The second kappa shape index (κ2) is 8.54. The van der Waals surface area contributed by atoms with Crippen molar-refractivity contribution < 1.29 is 13.9 Å². The van der Waals surface area contributed by atoms with Gasteiger partial charge in [-0.05, 0) is 37.6 Å². The Labute approximate surface area is 159 Å². The Morgan fingerprint density at radius 2 is 2.04 bits per heavy atom. The van der Waals surface area contributed by atoms with E-state index in [4.69, 9.17) is 9.15 Å². The first kappa shape index (κ1) is 18.7. The zero-order valence-electron chi connectivity index (χ0n) is 15.9. The molecule has 0 aliphatic rings. The van der Waals surface area contributed by atoms with E-state index in [0.717, 1.165) is 24.2 Å². The lowest BCUT2D eigenvalue weighted by Crippen LogP contribution is -2.32. The third kappa shape index (κ3) is 4.37. The maximum absolute atomic E-state index is 12.7. The third-order valence-electron chi connectivity index (χ3n) is 4.36. The molecule has 1 heterocycles. The van der Waals surface area contributed by atoms with Crippen LogP contribution in [0, 0.1) is 0 Å². The quantitative estimate of drug-likeness (QED) is 0.645. The molecule has 3 aromatic rings. The predicted octanol–water partition coefficient (Wildman–Crippen LogP) is 4.94. The van der Waals surface area contributed by atoms with Crippen molar-refractivity contribution in [3.8, 4) is 28.5 Å². The summed E-state index contributed by atoms with van der Waals surface area (Å²) in [4.78, 5) is 17.1. The van der Waals surface area contributed by atoms with Gasteiger partial charge in [-0.15, -0.1) is 0 Å². The molecule has 3 rings (SSSR count). The number of carbonyl (C=O) groups excluding carboxylic acids is 1. The maximum Gasteiger partial charge on any atom is 0.252 e. The molecule has 0 aliphatic heterocycles. The van der Waals surface area contributed by atoms with Gasteiger partial charge in [0.25, 0.3) is 5.91 Å². The molecule has 1 aromatic heterocycles. The van der Waals surface area contributed by atoms with Crippen molar-refractivity contribution in [3.63, 3.8) is 0 Å². The molecule has 0 radical (unpaired) electrons. The lowest BCUT2D eigenvalue weighted by atomic mass is 10.1. The number of nitrogens with one attached hydrogen (secondary N) is 1. The summed E-state index contributed by atoms with van der Waals surface area (Å²) < 4.78 is 11.2. The Balaban J connectivity index is 1.89. The van der Waals surface area contributed by atoms with E-state index in [2.05, 4.69) is 17.2 Å². The fourth-order valence-corrected chi connectivity index (χ4v) is 2.98. The number of rotatable bonds is 7. The number of carbonyl (C=O) groups is 1. The Hall–Kier alpha value is -3.08. The molecule has 1 amide bonds. The van der Waals surface area contributed by atoms with Crippen LogP contribution in [0.15, 0.2) is 59.1 Å². The van der Waals surface area contributed by atoms with Gasteiger partial charge in [0, 0.05) is 17.2 Å². The van der Waals surface area contributed by atoms with Crippen molar-refractivity contribution in [2.75, 3.05) is 7.11 Å². The van der Waals surface area contributed by atoms with Crippen LogP contribution in [0.25, 0.3) is 22.8 Å². The van der Waals surface area contributed by atoms with Crippen LogP contribution >= 0.6 is 0 Å². The van der Waals surface area contributed by atoms with Crippen LogP contribution in [0.1, 0.15) is 37.0 Å². The standard InChI is InChI=1S/C22H24N2O3/c1-4-8-15(2)24-21(25)18-11-5-6-12-19(18)22-23-14-20(27-22)16-9-7-10-17(13-16)26-3/h5-7,9-15H,4,8H2,1-3H3,(H,24,25)/t15-/m0/s1. The lowest BCUT2D eigenvalue weighted by molar-refractivity contribution is 0.0938. The fourth-order valence-electron chi connectivity index (χ4n) is 2.98. The van der Waals surface area contributed by atoms with Crippen LogP contribution in [-0.4, -0.2) is 24.0 Å². The Bertz CT molecular complexity index is 917. The first-order chi connectivity index (χ1) is 13.1. The average molecular weight is 364 g/mol. The van der Waals surface area contributed by atoms with Gasteiger partial charge in [-0.25, -0.2) is 4.98 Å². The number of amides is 1. The summed E-state index contributed by atoms with van der Waals surface area (Å²) in [5.74, 6) is 1.67. The molecule has 27 heavy (non-hydrogen) atoms. The van der Waals surface area contributed by atoms with E-state index in [-0.39, 0.29) is 11.9 Å². The van der Waals surface area contributed by atoms with E-state index < -0.39 is 0 Å². The van der Waals surface area contributed by atoms with E-state index in [1.807, 2.05) is 49.4 Å². The molecule has 5 heteroatoms. The van der Waals surface area contributed by atoms with E-state index in [0.29, 0.717) is 22.8 Å². The highest BCUT2D eigenvalue weighted by atomic mass is 16.5. The van der Waals surface area contributed by atoms with Crippen molar-refractivity contribution in [1.82, 2.24) is 10.3 Å². The number of ether oxygens (including phenoxy) is 1. The van der Waals surface area contributed by atoms with Gasteiger partial charge in [-0.3, -0.25) is 4.79 Å². The molecule has 0 saturated carbocycles. The van der Waals surface area contributed by atoms with Crippen LogP contribution in [0.3, 0.4) is 0 Å². The van der Waals surface area contributed by atoms with Crippen molar-refractivity contribution in [2.45, 2.75) is 32.7 Å². The molecule has 2 aromatic carbocycles. The average Bonchev–Trinajstić information content (AvgIpc) is 3.18. The SMILES string of the molecule is CCC[C@H](C)NC(=O)c1ccccc1-c1ncc(-c2cccc(OC)c2)o1. The van der Waals surface area contributed by atoms with Gasteiger partial charge >= 0.3 is 0 Å². The summed E-state index contributed by atoms with van der Waals surface area (Å²) in [6.07, 6.45) is 3.62. The highest BCUT2D eigenvalue weighted by molar-refractivity contribution is 6.00. The normalized spacial score (nSPS) is 11.8. The van der Waals surface area contributed by atoms with E-state index in [1.165, 1.54) is 0 Å². The Morgan fingerprint density at radius 3 is 2.81 bits per heavy atom. The predicted molar refractivity (Wildman–Crippen MR) is 106 cm³/mol. The third-order valence-corrected chi connectivity index (χ3v) is 4.36. The molecule has 0 aliphatic carbocycles. The minimum Gasteiger partial charge on any atom is -0.497 e.